The highest BCUT2D eigenvalue weighted by Gasteiger charge is 2.38. The molecule has 0 aliphatic carbocycles. The highest BCUT2D eigenvalue weighted by atomic mass is 19.4. The molecule has 0 saturated carbocycles. The molecule has 2 aromatic carbocycles. The van der Waals surface area contributed by atoms with Gasteiger partial charge in [-0.15, -0.1) is 0 Å². The van der Waals surface area contributed by atoms with Crippen LogP contribution in [-0.4, -0.2) is 26.1 Å². The van der Waals surface area contributed by atoms with Gasteiger partial charge in [0.25, 0.3) is 11.2 Å². The fraction of sp³-hybridized carbons (Fsp3) is 0.0952. The maximum Gasteiger partial charge on any atom is 0.471 e. The Morgan fingerprint density at radius 1 is 1.12 bits per heavy atom. The molecule has 0 fully saturated rings. The second-order valence-electron chi connectivity index (χ2n) is 7.06. The predicted molar refractivity (Wildman–Crippen MR) is 112 cm³/mol. The number of nitrogens with one attached hydrogen (secondary N) is 1. The lowest BCUT2D eigenvalue weighted by Crippen LogP contribution is -2.29. The van der Waals surface area contributed by atoms with Crippen molar-refractivity contribution in [1.82, 2.24) is 9.13 Å². The third-order valence-corrected chi connectivity index (χ3v) is 5.11. The van der Waals surface area contributed by atoms with E-state index in [4.69, 9.17) is 0 Å². The number of non-ortho nitro benzene ring substituents is 1. The molecular formula is C21H12F3N5O4. The van der Waals surface area contributed by atoms with Crippen molar-refractivity contribution in [3.8, 4) is 11.8 Å². The average molecular weight is 455 g/mol. The lowest BCUT2D eigenvalue weighted by molar-refractivity contribution is -0.384. The Bertz CT molecular complexity index is 1560. The molecule has 2 heterocycles. The highest BCUT2D eigenvalue weighted by Crippen LogP contribution is 2.32. The molecule has 2 aromatic heterocycles. The first-order valence-electron chi connectivity index (χ1n) is 9.24. The molecule has 0 saturated heterocycles. The first-order valence-corrected chi connectivity index (χ1v) is 9.24. The Labute approximate surface area is 182 Å². The van der Waals surface area contributed by atoms with E-state index in [-0.39, 0.29) is 28.1 Å². The van der Waals surface area contributed by atoms with E-state index in [9.17, 15) is 38.1 Å². The van der Waals surface area contributed by atoms with Crippen LogP contribution in [0.5, 0.6) is 0 Å². The zero-order valence-corrected chi connectivity index (χ0v) is 16.7. The Balaban J connectivity index is 2.05. The number of aromatic nitrogens is 2. The molecule has 0 aliphatic heterocycles. The smallest absolute Gasteiger partial charge is 0.342 e. The van der Waals surface area contributed by atoms with Gasteiger partial charge in [0, 0.05) is 35.9 Å². The molecule has 4 rings (SSSR count). The number of carbonyl (C=O) groups excluding carboxylic acids is 1. The molecular weight excluding hydrogens is 443 g/mol. The van der Waals surface area contributed by atoms with Crippen LogP contribution in [0.1, 0.15) is 5.56 Å². The number of aryl methyl sites for hydroxylation is 1. The summed E-state index contributed by atoms with van der Waals surface area (Å²) < 4.78 is 40.8. The number of hydrogen-bond acceptors (Lipinski definition) is 5. The SMILES string of the molecule is Cn1c2ccc(NC(=O)C(F)(F)F)cc2c2c1cc(C#N)c(=O)n2-c1ccc([N+](=O)[O-])cc1. The van der Waals surface area contributed by atoms with Gasteiger partial charge in [-0.1, -0.05) is 0 Å². The fourth-order valence-corrected chi connectivity index (χ4v) is 3.60. The molecule has 4 aromatic rings. The molecule has 1 N–H and O–H groups in total. The Morgan fingerprint density at radius 2 is 1.79 bits per heavy atom. The van der Waals surface area contributed by atoms with E-state index in [0.29, 0.717) is 16.4 Å². The summed E-state index contributed by atoms with van der Waals surface area (Å²) in [5.74, 6) is -2.15. The number of benzene rings is 2. The van der Waals surface area contributed by atoms with Gasteiger partial charge in [0.1, 0.15) is 11.6 Å². The van der Waals surface area contributed by atoms with Crippen LogP contribution in [0.25, 0.3) is 27.6 Å². The fourth-order valence-electron chi connectivity index (χ4n) is 3.60. The van der Waals surface area contributed by atoms with Crippen LogP contribution in [0.15, 0.2) is 53.3 Å². The van der Waals surface area contributed by atoms with E-state index in [1.165, 1.54) is 48.5 Å². The number of rotatable bonds is 3. The van der Waals surface area contributed by atoms with Crippen molar-refractivity contribution in [2.45, 2.75) is 6.18 Å². The average Bonchev–Trinajstić information content (AvgIpc) is 3.04. The number of hydrogen-bond donors (Lipinski definition) is 1. The largest absolute Gasteiger partial charge is 0.471 e. The maximum atomic E-state index is 13.1. The van der Waals surface area contributed by atoms with Crippen molar-refractivity contribution in [2.75, 3.05) is 5.32 Å². The summed E-state index contributed by atoms with van der Waals surface area (Å²) in [6.07, 6.45) is -5.09. The van der Waals surface area contributed by atoms with Crippen molar-refractivity contribution >= 4 is 39.2 Å². The Morgan fingerprint density at radius 3 is 2.36 bits per heavy atom. The van der Waals surface area contributed by atoms with Gasteiger partial charge in [-0.2, -0.15) is 18.4 Å². The normalized spacial score (nSPS) is 11.5. The zero-order chi connectivity index (χ0) is 24.1. The van der Waals surface area contributed by atoms with Gasteiger partial charge in [-0.25, -0.2) is 0 Å². The van der Waals surface area contributed by atoms with Gasteiger partial charge < -0.3 is 9.88 Å². The van der Waals surface area contributed by atoms with E-state index in [0.717, 1.165) is 4.57 Å². The summed E-state index contributed by atoms with van der Waals surface area (Å²) in [6.45, 7) is 0. The standard InChI is InChI=1S/C21H12F3N5O4/c1-27-16-7-2-12(26-20(31)21(22,23)24)9-15(16)18-17(27)8-11(10-25)19(30)28(18)13-3-5-14(6-4-13)29(32)33/h2-9H,1H3,(H,26,31). The van der Waals surface area contributed by atoms with Gasteiger partial charge in [-0.3, -0.25) is 24.3 Å². The topological polar surface area (TPSA) is 123 Å². The summed E-state index contributed by atoms with van der Waals surface area (Å²) >= 11 is 0. The maximum absolute atomic E-state index is 13.1. The molecule has 0 radical (unpaired) electrons. The number of carbonyl (C=O) groups is 1. The minimum Gasteiger partial charge on any atom is -0.342 e. The van der Waals surface area contributed by atoms with Crippen LogP contribution in [0.3, 0.4) is 0 Å². The molecule has 9 nitrogen and oxygen atoms in total. The lowest BCUT2D eigenvalue weighted by Gasteiger charge is -2.10. The number of nitro benzene ring substituents is 1. The van der Waals surface area contributed by atoms with E-state index >= 15 is 0 Å². The van der Waals surface area contributed by atoms with E-state index in [1.807, 2.05) is 6.07 Å². The molecule has 0 atom stereocenters. The highest BCUT2D eigenvalue weighted by molar-refractivity contribution is 6.09. The van der Waals surface area contributed by atoms with Gasteiger partial charge in [-0.05, 0) is 36.4 Å². The number of pyridine rings is 1. The molecule has 0 spiro atoms. The lowest BCUT2D eigenvalue weighted by atomic mass is 10.1. The Kier molecular flexibility index (Phi) is 4.89. The van der Waals surface area contributed by atoms with Gasteiger partial charge in [0.2, 0.25) is 0 Å². The van der Waals surface area contributed by atoms with Crippen LogP contribution in [0.2, 0.25) is 0 Å². The molecule has 0 unspecified atom stereocenters. The molecule has 33 heavy (non-hydrogen) atoms. The first-order chi connectivity index (χ1) is 15.5. The van der Waals surface area contributed by atoms with Crippen molar-refractivity contribution in [2.24, 2.45) is 7.05 Å². The third kappa shape index (κ3) is 3.55. The van der Waals surface area contributed by atoms with Crippen LogP contribution in [0, 0.1) is 21.4 Å². The summed E-state index contributed by atoms with van der Waals surface area (Å²) in [4.78, 5) is 34.8. The number of fused-ring (bicyclic) bond motifs is 3. The number of anilines is 1. The second-order valence-corrected chi connectivity index (χ2v) is 7.06. The van der Waals surface area contributed by atoms with E-state index in [2.05, 4.69) is 0 Å². The van der Waals surface area contributed by atoms with E-state index in [1.54, 1.807) is 16.9 Å². The van der Waals surface area contributed by atoms with Crippen molar-refractivity contribution in [3.05, 3.63) is 74.6 Å². The molecule has 0 aliphatic rings. The van der Waals surface area contributed by atoms with Gasteiger partial charge >= 0.3 is 12.1 Å². The monoisotopic (exact) mass is 455 g/mol. The third-order valence-electron chi connectivity index (χ3n) is 5.11. The number of nitro groups is 1. The predicted octanol–water partition coefficient (Wildman–Crippen LogP) is 3.76. The molecule has 0 bridgehead atoms. The van der Waals surface area contributed by atoms with Crippen molar-refractivity contribution in [1.29, 1.82) is 5.26 Å². The van der Waals surface area contributed by atoms with Gasteiger partial charge in [0.05, 0.1) is 21.5 Å². The Hall–Kier alpha value is -4.66. The van der Waals surface area contributed by atoms with E-state index < -0.39 is 22.6 Å². The van der Waals surface area contributed by atoms with Crippen LogP contribution >= 0.6 is 0 Å². The minimum atomic E-state index is -5.09. The molecule has 1 amide bonds. The number of halogens is 3. The van der Waals surface area contributed by atoms with Crippen molar-refractivity contribution in [3.63, 3.8) is 0 Å². The second kappa shape index (κ2) is 7.49. The number of alkyl halides is 3. The summed E-state index contributed by atoms with van der Waals surface area (Å²) in [7, 11) is 1.64. The van der Waals surface area contributed by atoms with Crippen molar-refractivity contribution < 1.29 is 22.9 Å². The molecule has 12 heteroatoms. The van der Waals surface area contributed by atoms with Crippen LogP contribution in [0.4, 0.5) is 24.5 Å². The van der Waals surface area contributed by atoms with Gasteiger partial charge in [0.15, 0.2) is 0 Å². The number of amides is 1. The number of nitrogens with zero attached hydrogens (tertiary/aromatic N) is 4. The summed E-state index contributed by atoms with van der Waals surface area (Å²) in [5, 5.41) is 22.5. The summed E-state index contributed by atoms with van der Waals surface area (Å²) in [5.41, 5.74) is 0.129. The summed E-state index contributed by atoms with van der Waals surface area (Å²) in [6, 6.07) is 12.2. The minimum absolute atomic E-state index is 0.149. The quantitative estimate of drug-likeness (QED) is 0.372. The van der Waals surface area contributed by atoms with Crippen LogP contribution in [-0.2, 0) is 11.8 Å². The van der Waals surface area contributed by atoms with Crippen LogP contribution < -0.4 is 10.9 Å². The number of nitriles is 1. The first kappa shape index (κ1) is 21.6. The zero-order valence-electron chi connectivity index (χ0n) is 16.7. The molecule has 166 valence electrons.